The van der Waals surface area contributed by atoms with Gasteiger partial charge in [-0.3, -0.25) is 4.79 Å². The Morgan fingerprint density at radius 1 is 1.00 bits per heavy atom. The third-order valence-electron chi connectivity index (χ3n) is 2.86. The standard InChI is InChI=1S/C10H12ClNO2S.C7H7ClOS/c1-12(2)10(13)15-9-5-4-7(14-3)6-8(9)11;1-9-5-2-3-7(10)6(8)4-5/h4-6H,1-3H3;2-4,10H,1H3. The highest BCUT2D eigenvalue weighted by Crippen LogP contribution is 2.31. The molecule has 136 valence electrons. The summed E-state index contributed by atoms with van der Waals surface area (Å²) in [6.45, 7) is 0. The van der Waals surface area contributed by atoms with Gasteiger partial charge in [0.1, 0.15) is 11.5 Å². The van der Waals surface area contributed by atoms with E-state index >= 15 is 0 Å². The molecule has 0 unspecified atom stereocenters. The van der Waals surface area contributed by atoms with Gasteiger partial charge < -0.3 is 14.4 Å². The molecule has 2 aromatic carbocycles. The van der Waals surface area contributed by atoms with Gasteiger partial charge in [0.05, 0.1) is 24.3 Å². The fourth-order valence-electron chi connectivity index (χ4n) is 1.49. The van der Waals surface area contributed by atoms with Gasteiger partial charge in [-0.15, -0.1) is 12.6 Å². The number of nitrogens with zero attached hydrogens (tertiary/aromatic N) is 1. The zero-order valence-electron chi connectivity index (χ0n) is 14.2. The van der Waals surface area contributed by atoms with Crippen molar-refractivity contribution in [3.63, 3.8) is 0 Å². The lowest BCUT2D eigenvalue weighted by molar-refractivity contribution is 0.241. The van der Waals surface area contributed by atoms with E-state index in [1.807, 2.05) is 6.07 Å². The number of amides is 1. The van der Waals surface area contributed by atoms with Crippen LogP contribution < -0.4 is 9.47 Å². The minimum atomic E-state index is -0.0536. The topological polar surface area (TPSA) is 38.8 Å². The molecule has 2 rings (SSSR count). The van der Waals surface area contributed by atoms with Gasteiger partial charge in [0, 0.05) is 23.9 Å². The second kappa shape index (κ2) is 10.7. The van der Waals surface area contributed by atoms with E-state index in [-0.39, 0.29) is 5.24 Å². The third kappa shape index (κ3) is 7.28. The fraction of sp³-hybridized carbons (Fsp3) is 0.235. The Morgan fingerprint density at radius 3 is 1.96 bits per heavy atom. The van der Waals surface area contributed by atoms with Gasteiger partial charge in [-0.25, -0.2) is 0 Å². The van der Waals surface area contributed by atoms with E-state index in [4.69, 9.17) is 32.7 Å². The van der Waals surface area contributed by atoms with Crippen LogP contribution >= 0.6 is 47.6 Å². The number of rotatable bonds is 3. The van der Waals surface area contributed by atoms with Crippen LogP contribution in [0.3, 0.4) is 0 Å². The Labute approximate surface area is 167 Å². The molecule has 1 amide bonds. The molecule has 0 atom stereocenters. The zero-order chi connectivity index (χ0) is 19.0. The number of benzene rings is 2. The molecule has 25 heavy (non-hydrogen) atoms. The van der Waals surface area contributed by atoms with E-state index in [9.17, 15) is 4.79 Å². The number of thioether (sulfide) groups is 1. The highest BCUT2D eigenvalue weighted by Gasteiger charge is 2.10. The average molecular weight is 420 g/mol. The maximum Gasteiger partial charge on any atom is 0.285 e. The maximum absolute atomic E-state index is 11.4. The van der Waals surface area contributed by atoms with Crippen molar-refractivity contribution >= 4 is 52.8 Å². The van der Waals surface area contributed by atoms with Crippen molar-refractivity contribution in [3.8, 4) is 11.5 Å². The number of methoxy groups -OCH3 is 2. The molecule has 0 N–H and O–H groups in total. The quantitative estimate of drug-likeness (QED) is 0.506. The highest BCUT2D eigenvalue weighted by atomic mass is 35.5. The van der Waals surface area contributed by atoms with Gasteiger partial charge in [0.2, 0.25) is 0 Å². The molecule has 0 bridgehead atoms. The van der Waals surface area contributed by atoms with Crippen molar-refractivity contribution in [3.05, 3.63) is 46.4 Å². The number of hydrogen-bond donors (Lipinski definition) is 1. The van der Waals surface area contributed by atoms with Gasteiger partial charge in [-0.2, -0.15) is 0 Å². The summed E-state index contributed by atoms with van der Waals surface area (Å²) in [5.41, 5.74) is 0. The third-order valence-corrected chi connectivity index (χ3v) is 5.23. The minimum Gasteiger partial charge on any atom is -0.497 e. The van der Waals surface area contributed by atoms with Crippen molar-refractivity contribution in [2.24, 2.45) is 0 Å². The first-order valence-corrected chi connectivity index (χ1v) is 9.05. The molecule has 0 aliphatic rings. The number of thiol groups is 1. The first kappa shape index (κ1) is 21.8. The van der Waals surface area contributed by atoms with Crippen LogP contribution in [-0.2, 0) is 0 Å². The number of carbonyl (C=O) groups excluding carboxylic acids is 1. The molecular formula is C17H19Cl2NO3S2. The van der Waals surface area contributed by atoms with Gasteiger partial charge in [0.15, 0.2) is 0 Å². The summed E-state index contributed by atoms with van der Waals surface area (Å²) in [5.74, 6) is 1.43. The van der Waals surface area contributed by atoms with Gasteiger partial charge in [-0.1, -0.05) is 23.2 Å². The molecule has 0 aromatic heterocycles. The number of carbonyl (C=O) groups is 1. The Hall–Kier alpha value is -1.21. The fourth-order valence-corrected chi connectivity index (χ4v) is 2.75. The summed E-state index contributed by atoms with van der Waals surface area (Å²) in [5, 5.41) is 1.08. The molecule has 4 nitrogen and oxygen atoms in total. The Morgan fingerprint density at radius 2 is 1.52 bits per heavy atom. The predicted octanol–water partition coefficient (Wildman–Crippen LogP) is 5.76. The lowest BCUT2D eigenvalue weighted by atomic mass is 10.3. The van der Waals surface area contributed by atoms with Crippen molar-refractivity contribution in [1.29, 1.82) is 0 Å². The molecule has 2 aromatic rings. The number of hydrogen-bond acceptors (Lipinski definition) is 5. The largest absolute Gasteiger partial charge is 0.497 e. The van der Waals surface area contributed by atoms with Gasteiger partial charge in [-0.05, 0) is 48.2 Å². The van der Waals surface area contributed by atoms with Crippen molar-refractivity contribution < 1.29 is 14.3 Å². The molecule has 8 heteroatoms. The monoisotopic (exact) mass is 419 g/mol. The van der Waals surface area contributed by atoms with Crippen LogP contribution in [0.5, 0.6) is 11.5 Å². The molecule has 0 aliphatic carbocycles. The maximum atomic E-state index is 11.4. The SMILES string of the molecule is COc1ccc(S)c(Cl)c1.COc1ccc(SC(=O)N(C)C)c(Cl)c1. The first-order chi connectivity index (χ1) is 11.8. The summed E-state index contributed by atoms with van der Waals surface area (Å²) in [6.07, 6.45) is 0. The Kier molecular flexibility index (Phi) is 9.35. The second-order valence-electron chi connectivity index (χ2n) is 4.88. The van der Waals surface area contributed by atoms with Gasteiger partial charge in [0.25, 0.3) is 5.24 Å². The minimum absolute atomic E-state index is 0.0536. The molecule has 0 saturated heterocycles. The average Bonchev–Trinajstić information content (AvgIpc) is 2.59. The zero-order valence-corrected chi connectivity index (χ0v) is 17.5. The second-order valence-corrected chi connectivity index (χ2v) is 7.17. The molecule has 0 aliphatic heterocycles. The molecule has 0 spiro atoms. The van der Waals surface area contributed by atoms with Crippen LogP contribution in [0.4, 0.5) is 4.79 Å². The van der Waals surface area contributed by atoms with E-state index < -0.39 is 0 Å². The van der Waals surface area contributed by atoms with Crippen molar-refractivity contribution in [2.75, 3.05) is 28.3 Å². The summed E-state index contributed by atoms with van der Waals surface area (Å²) < 4.78 is 9.94. The first-order valence-electron chi connectivity index (χ1n) is 7.03. The summed E-state index contributed by atoms with van der Waals surface area (Å²) in [6, 6.07) is 10.6. The van der Waals surface area contributed by atoms with Crippen LogP contribution in [0, 0.1) is 0 Å². The number of halogens is 2. The van der Waals surface area contributed by atoms with E-state index in [0.29, 0.717) is 15.8 Å². The highest BCUT2D eigenvalue weighted by molar-refractivity contribution is 8.13. The smallest absolute Gasteiger partial charge is 0.285 e. The van der Waals surface area contributed by atoms with E-state index in [2.05, 4.69) is 12.6 Å². The lowest BCUT2D eigenvalue weighted by Crippen LogP contribution is -2.16. The lowest BCUT2D eigenvalue weighted by Gasteiger charge is -2.10. The summed E-state index contributed by atoms with van der Waals surface area (Å²) >= 11 is 16.9. The molecule has 0 heterocycles. The van der Waals surface area contributed by atoms with E-state index in [0.717, 1.165) is 27.3 Å². The van der Waals surface area contributed by atoms with E-state index in [1.54, 1.807) is 58.6 Å². The molecular weight excluding hydrogens is 401 g/mol. The van der Waals surface area contributed by atoms with Crippen LogP contribution in [-0.4, -0.2) is 38.5 Å². The van der Waals surface area contributed by atoms with Crippen molar-refractivity contribution in [1.82, 2.24) is 4.90 Å². The normalized spacial score (nSPS) is 9.72. The Balaban J connectivity index is 0.000000271. The van der Waals surface area contributed by atoms with Crippen molar-refractivity contribution in [2.45, 2.75) is 9.79 Å². The van der Waals surface area contributed by atoms with E-state index in [1.165, 1.54) is 4.90 Å². The molecule has 0 saturated carbocycles. The summed E-state index contributed by atoms with van der Waals surface area (Å²) in [7, 11) is 6.58. The number of ether oxygens (including phenoxy) is 2. The van der Waals surface area contributed by atoms with Gasteiger partial charge >= 0.3 is 0 Å². The molecule has 0 radical (unpaired) electrons. The van der Waals surface area contributed by atoms with Crippen LogP contribution in [0.2, 0.25) is 10.0 Å². The summed E-state index contributed by atoms with van der Waals surface area (Å²) in [4.78, 5) is 14.4. The molecule has 0 fully saturated rings. The van der Waals surface area contributed by atoms with Crippen LogP contribution in [0.15, 0.2) is 46.2 Å². The Bertz CT molecular complexity index is 727. The predicted molar refractivity (Wildman–Crippen MR) is 108 cm³/mol. The van der Waals surface area contributed by atoms with Crippen LogP contribution in [0.1, 0.15) is 0 Å². The van der Waals surface area contributed by atoms with Crippen LogP contribution in [0.25, 0.3) is 0 Å².